The molecule has 1 saturated heterocycles. The zero-order valence-electron chi connectivity index (χ0n) is 18.3. The van der Waals surface area contributed by atoms with Crippen molar-refractivity contribution in [2.45, 2.75) is 31.6 Å². The summed E-state index contributed by atoms with van der Waals surface area (Å²) in [4.78, 5) is 12.6. The molecule has 0 aromatic heterocycles. The van der Waals surface area contributed by atoms with E-state index in [9.17, 15) is 17.6 Å². The van der Waals surface area contributed by atoms with Gasteiger partial charge in [0.05, 0.1) is 18.9 Å². The highest BCUT2D eigenvalue weighted by Crippen LogP contribution is 2.22. The lowest BCUT2D eigenvalue weighted by atomic mass is 9.97. The summed E-state index contributed by atoms with van der Waals surface area (Å²) < 4.78 is 50.6. The number of rotatable bonds is 9. The molecule has 0 unspecified atom stereocenters. The Labute approximate surface area is 188 Å². The molecule has 0 radical (unpaired) electrons. The highest BCUT2D eigenvalue weighted by molar-refractivity contribution is 7.88. The van der Waals surface area contributed by atoms with Gasteiger partial charge in [0.25, 0.3) is 0 Å². The summed E-state index contributed by atoms with van der Waals surface area (Å²) in [6, 6.07) is 12.5. The average Bonchev–Trinajstić information content (AvgIpc) is 2.79. The van der Waals surface area contributed by atoms with Crippen molar-refractivity contribution in [3.8, 4) is 11.5 Å². The number of hydrogen-bond acceptors (Lipinski definition) is 5. The summed E-state index contributed by atoms with van der Waals surface area (Å²) >= 11 is 0. The van der Waals surface area contributed by atoms with Gasteiger partial charge in [-0.25, -0.2) is 17.1 Å². The summed E-state index contributed by atoms with van der Waals surface area (Å²) in [5.41, 5.74) is 0.539. The van der Waals surface area contributed by atoms with Gasteiger partial charge in [0.2, 0.25) is 15.9 Å². The number of ether oxygens (including phenoxy) is 2. The zero-order valence-corrected chi connectivity index (χ0v) is 19.1. The molecule has 0 bridgehead atoms. The highest BCUT2D eigenvalue weighted by atomic mass is 32.2. The third-order valence-electron chi connectivity index (χ3n) is 5.43. The summed E-state index contributed by atoms with van der Waals surface area (Å²) in [6.07, 6.45) is 0.918. The lowest BCUT2D eigenvalue weighted by Crippen LogP contribution is -2.46. The second kappa shape index (κ2) is 10.8. The number of carbonyl (C=O) groups excluding carboxylic acids is 1. The summed E-state index contributed by atoms with van der Waals surface area (Å²) in [5, 5.41) is 2.95. The van der Waals surface area contributed by atoms with E-state index in [4.69, 9.17) is 9.47 Å². The number of benzene rings is 2. The molecule has 1 heterocycles. The monoisotopic (exact) mass is 464 g/mol. The molecular formula is C23H29FN2O5S. The maximum atomic E-state index is 13.0. The van der Waals surface area contributed by atoms with Crippen molar-refractivity contribution in [1.82, 2.24) is 9.62 Å². The number of nitrogens with zero attached hydrogens (tertiary/aromatic N) is 1. The Morgan fingerprint density at radius 1 is 1.09 bits per heavy atom. The van der Waals surface area contributed by atoms with Crippen molar-refractivity contribution in [2.75, 3.05) is 26.8 Å². The molecule has 1 aliphatic rings. The van der Waals surface area contributed by atoms with Crippen LogP contribution in [0.1, 0.15) is 25.3 Å². The van der Waals surface area contributed by atoms with E-state index in [0.29, 0.717) is 43.9 Å². The highest BCUT2D eigenvalue weighted by Gasteiger charge is 2.31. The van der Waals surface area contributed by atoms with E-state index >= 15 is 0 Å². The number of amides is 1. The molecule has 174 valence electrons. The molecule has 9 heteroatoms. The van der Waals surface area contributed by atoms with Crippen LogP contribution in [0.5, 0.6) is 11.5 Å². The predicted octanol–water partition coefficient (Wildman–Crippen LogP) is 2.96. The van der Waals surface area contributed by atoms with E-state index in [1.165, 1.54) is 28.6 Å². The van der Waals surface area contributed by atoms with Crippen molar-refractivity contribution >= 4 is 15.9 Å². The number of halogens is 1. The largest absolute Gasteiger partial charge is 0.497 e. The van der Waals surface area contributed by atoms with Crippen molar-refractivity contribution in [3.63, 3.8) is 0 Å². The van der Waals surface area contributed by atoms with E-state index in [1.807, 2.05) is 6.92 Å². The normalized spacial score (nSPS) is 16.3. The topological polar surface area (TPSA) is 84.9 Å². The molecule has 2 aromatic rings. The van der Waals surface area contributed by atoms with Gasteiger partial charge in [-0.2, -0.15) is 0 Å². The first-order valence-corrected chi connectivity index (χ1v) is 12.2. The summed E-state index contributed by atoms with van der Waals surface area (Å²) in [5.74, 6) is 0.518. The Kier molecular flexibility index (Phi) is 8.09. The van der Waals surface area contributed by atoms with Gasteiger partial charge in [-0.3, -0.25) is 4.79 Å². The Bertz CT molecular complexity index is 988. The molecule has 0 saturated carbocycles. The summed E-state index contributed by atoms with van der Waals surface area (Å²) in [6.45, 7) is 2.77. The van der Waals surface area contributed by atoms with Gasteiger partial charge in [0.1, 0.15) is 23.9 Å². The van der Waals surface area contributed by atoms with Crippen LogP contribution in [0.25, 0.3) is 0 Å². The second-order valence-electron chi connectivity index (χ2n) is 7.95. The van der Waals surface area contributed by atoms with Crippen molar-refractivity contribution < 1.29 is 27.1 Å². The SMILES string of the molecule is COc1ccc(OC[C@@H](C)NC(=O)C2CCN(S(=O)(=O)Cc3ccc(F)cc3)CC2)cc1. The van der Waals surface area contributed by atoms with Gasteiger partial charge in [-0.15, -0.1) is 0 Å². The van der Waals surface area contributed by atoms with E-state index < -0.39 is 15.8 Å². The van der Waals surface area contributed by atoms with Crippen LogP contribution in [0, 0.1) is 11.7 Å². The molecule has 32 heavy (non-hydrogen) atoms. The van der Waals surface area contributed by atoms with Crippen LogP contribution in [0.4, 0.5) is 4.39 Å². The van der Waals surface area contributed by atoms with Gasteiger partial charge >= 0.3 is 0 Å². The van der Waals surface area contributed by atoms with Crippen molar-refractivity contribution in [1.29, 1.82) is 0 Å². The van der Waals surface area contributed by atoms with Gasteiger partial charge in [-0.1, -0.05) is 12.1 Å². The lowest BCUT2D eigenvalue weighted by molar-refractivity contribution is -0.126. The fraction of sp³-hybridized carbons (Fsp3) is 0.435. The minimum atomic E-state index is -3.52. The first kappa shape index (κ1) is 24.0. The van der Waals surface area contributed by atoms with Gasteiger partial charge in [0, 0.05) is 19.0 Å². The predicted molar refractivity (Wildman–Crippen MR) is 119 cm³/mol. The molecule has 3 rings (SSSR count). The molecule has 1 N–H and O–H groups in total. The van der Waals surface area contributed by atoms with Gasteiger partial charge < -0.3 is 14.8 Å². The first-order valence-electron chi connectivity index (χ1n) is 10.6. The molecule has 1 fully saturated rings. The molecule has 7 nitrogen and oxygen atoms in total. The van der Waals surface area contributed by atoms with Crippen LogP contribution in [-0.2, 0) is 20.6 Å². The van der Waals surface area contributed by atoms with E-state index in [1.54, 1.807) is 31.4 Å². The Balaban J connectivity index is 1.43. The number of hydrogen-bond donors (Lipinski definition) is 1. The number of carbonyl (C=O) groups is 1. The Morgan fingerprint density at radius 2 is 1.69 bits per heavy atom. The standard InChI is InChI=1S/C23H29FN2O5S/c1-17(15-31-22-9-7-21(30-2)8-10-22)25-23(27)19-11-13-26(14-12-19)32(28,29)16-18-3-5-20(24)6-4-18/h3-10,17,19H,11-16H2,1-2H3,(H,25,27)/t17-/m1/s1. The van der Waals surface area contributed by atoms with Crippen LogP contribution in [0.2, 0.25) is 0 Å². The van der Waals surface area contributed by atoms with Crippen LogP contribution in [0.15, 0.2) is 48.5 Å². The number of sulfonamides is 1. The third kappa shape index (κ3) is 6.67. The number of piperidine rings is 1. The van der Waals surface area contributed by atoms with Crippen molar-refractivity contribution in [2.24, 2.45) is 5.92 Å². The maximum absolute atomic E-state index is 13.0. The van der Waals surface area contributed by atoms with Crippen LogP contribution < -0.4 is 14.8 Å². The van der Waals surface area contributed by atoms with Gasteiger partial charge in [0.15, 0.2) is 0 Å². The number of methoxy groups -OCH3 is 1. The average molecular weight is 465 g/mol. The quantitative estimate of drug-likeness (QED) is 0.617. The molecule has 1 amide bonds. The Hall–Kier alpha value is -2.65. The molecule has 0 spiro atoms. The minimum Gasteiger partial charge on any atom is -0.497 e. The van der Waals surface area contributed by atoms with E-state index in [2.05, 4.69) is 5.32 Å². The molecule has 2 aromatic carbocycles. The van der Waals surface area contributed by atoms with Crippen molar-refractivity contribution in [3.05, 3.63) is 59.9 Å². The van der Waals surface area contributed by atoms with Crippen LogP contribution in [-0.4, -0.2) is 51.5 Å². The van der Waals surface area contributed by atoms with Gasteiger partial charge in [-0.05, 0) is 61.7 Å². The molecule has 0 aliphatic carbocycles. The molecular weight excluding hydrogens is 435 g/mol. The minimum absolute atomic E-state index is 0.0913. The molecule has 1 atom stereocenters. The first-order chi connectivity index (χ1) is 15.3. The second-order valence-corrected chi connectivity index (χ2v) is 9.92. The third-order valence-corrected chi connectivity index (χ3v) is 7.28. The van der Waals surface area contributed by atoms with E-state index in [-0.39, 0.29) is 23.6 Å². The number of nitrogens with one attached hydrogen (secondary N) is 1. The summed E-state index contributed by atoms with van der Waals surface area (Å²) in [7, 11) is -1.92. The Morgan fingerprint density at radius 3 is 2.28 bits per heavy atom. The van der Waals surface area contributed by atoms with Crippen LogP contribution >= 0.6 is 0 Å². The maximum Gasteiger partial charge on any atom is 0.223 e. The van der Waals surface area contributed by atoms with Crippen LogP contribution in [0.3, 0.4) is 0 Å². The fourth-order valence-electron chi connectivity index (χ4n) is 3.57. The van der Waals surface area contributed by atoms with E-state index in [0.717, 1.165) is 5.75 Å². The fourth-order valence-corrected chi connectivity index (χ4v) is 5.14. The zero-order chi connectivity index (χ0) is 23.1. The molecule has 1 aliphatic heterocycles. The smallest absolute Gasteiger partial charge is 0.223 e. The lowest BCUT2D eigenvalue weighted by Gasteiger charge is -2.31.